The van der Waals surface area contributed by atoms with Gasteiger partial charge in [0.2, 0.25) is 0 Å². The number of rotatable bonds is 2. The second-order valence-electron chi connectivity index (χ2n) is 5.53. The molecule has 3 aliphatic rings. The summed E-state index contributed by atoms with van der Waals surface area (Å²) in [7, 11) is -0.948. The standard InChI is InChI=1S/C15H16N2OS/c18-19-14-12-7-6-11(8-12)13(14)15(17-19)16-9-10-4-2-1-3-5-10/h1-7,11-14H,8-9H2,(H,16,17)/t11-,12+,13-,14+,19?/m1/s1. The van der Waals surface area contributed by atoms with Crippen LogP contribution in [0.2, 0.25) is 0 Å². The van der Waals surface area contributed by atoms with E-state index in [-0.39, 0.29) is 5.25 Å². The molecule has 4 rings (SSSR count). The summed E-state index contributed by atoms with van der Waals surface area (Å²) in [5.41, 5.74) is 1.20. The first kappa shape index (κ1) is 11.4. The summed E-state index contributed by atoms with van der Waals surface area (Å²) in [5.74, 6) is 2.36. The molecule has 1 saturated heterocycles. The normalized spacial score (nSPS) is 40.6. The van der Waals surface area contributed by atoms with E-state index in [1.807, 2.05) is 18.2 Å². The molecule has 98 valence electrons. The Kier molecular flexibility index (Phi) is 2.58. The average Bonchev–Trinajstić information content (AvgIpc) is 3.11. The van der Waals surface area contributed by atoms with Gasteiger partial charge in [0.05, 0.1) is 11.8 Å². The predicted octanol–water partition coefficient (Wildman–Crippen LogP) is 2.04. The molecule has 1 aromatic carbocycles. The van der Waals surface area contributed by atoms with Crippen molar-refractivity contribution < 1.29 is 4.21 Å². The van der Waals surface area contributed by atoms with E-state index in [0.29, 0.717) is 24.3 Å². The van der Waals surface area contributed by atoms with Crippen LogP contribution in [-0.4, -0.2) is 15.3 Å². The Bertz CT molecular complexity index is 581. The summed E-state index contributed by atoms with van der Waals surface area (Å²) in [6, 6.07) is 10.2. The van der Waals surface area contributed by atoms with E-state index < -0.39 is 11.0 Å². The third-order valence-electron chi connectivity index (χ3n) is 4.43. The van der Waals surface area contributed by atoms with Crippen LogP contribution in [0.5, 0.6) is 0 Å². The SMILES string of the molecule is O=S1NC(=NCc2ccccc2)[C@H]2[C@@H]1[C@H]1C=C[C@@H]2C1. The van der Waals surface area contributed by atoms with Crippen LogP contribution in [0.15, 0.2) is 47.5 Å². The van der Waals surface area contributed by atoms with E-state index in [1.165, 1.54) is 5.56 Å². The Morgan fingerprint density at radius 3 is 2.84 bits per heavy atom. The first-order valence-electron chi connectivity index (χ1n) is 6.77. The smallest absolute Gasteiger partial charge is 0.122 e. The largest absolute Gasteiger partial charge is 0.293 e. The van der Waals surface area contributed by atoms with Gasteiger partial charge in [-0.2, -0.15) is 0 Å². The van der Waals surface area contributed by atoms with Crippen LogP contribution in [0.25, 0.3) is 0 Å². The van der Waals surface area contributed by atoms with E-state index in [2.05, 4.69) is 34.0 Å². The summed E-state index contributed by atoms with van der Waals surface area (Å²) in [6.45, 7) is 0.671. The summed E-state index contributed by atoms with van der Waals surface area (Å²) in [4.78, 5) is 4.68. The molecular formula is C15H16N2OS. The third kappa shape index (κ3) is 1.77. The average molecular weight is 272 g/mol. The summed E-state index contributed by atoms with van der Waals surface area (Å²) < 4.78 is 15.3. The Morgan fingerprint density at radius 1 is 1.21 bits per heavy atom. The third-order valence-corrected chi connectivity index (χ3v) is 5.98. The zero-order valence-electron chi connectivity index (χ0n) is 10.5. The quantitative estimate of drug-likeness (QED) is 0.823. The van der Waals surface area contributed by atoms with Crippen LogP contribution >= 0.6 is 0 Å². The van der Waals surface area contributed by atoms with Gasteiger partial charge in [-0.25, -0.2) is 4.21 Å². The first-order valence-corrected chi connectivity index (χ1v) is 7.98. The molecule has 0 radical (unpaired) electrons. The second-order valence-corrected chi connectivity index (χ2v) is 6.87. The minimum absolute atomic E-state index is 0.254. The minimum Gasteiger partial charge on any atom is -0.293 e. The summed E-state index contributed by atoms with van der Waals surface area (Å²) in [6.07, 6.45) is 5.69. The molecule has 4 heteroatoms. The molecule has 1 heterocycles. The fourth-order valence-corrected chi connectivity index (χ4v) is 5.22. The van der Waals surface area contributed by atoms with E-state index in [0.717, 1.165) is 12.3 Å². The summed E-state index contributed by atoms with van der Waals surface area (Å²) >= 11 is 0. The zero-order valence-corrected chi connectivity index (χ0v) is 11.3. The molecule has 1 N–H and O–H groups in total. The topological polar surface area (TPSA) is 41.5 Å². The van der Waals surface area contributed by atoms with Gasteiger partial charge in [-0.15, -0.1) is 0 Å². The van der Waals surface area contributed by atoms with Crippen LogP contribution in [0.4, 0.5) is 0 Å². The van der Waals surface area contributed by atoms with Crippen LogP contribution in [0, 0.1) is 17.8 Å². The Balaban J connectivity index is 1.59. The molecule has 0 amide bonds. The number of nitrogens with one attached hydrogen (secondary N) is 1. The molecule has 19 heavy (non-hydrogen) atoms. The number of benzene rings is 1. The van der Waals surface area contributed by atoms with Crippen molar-refractivity contribution in [1.82, 2.24) is 4.72 Å². The zero-order chi connectivity index (χ0) is 12.8. The molecule has 3 nitrogen and oxygen atoms in total. The highest BCUT2D eigenvalue weighted by molar-refractivity contribution is 7.84. The molecule has 1 unspecified atom stereocenters. The summed E-state index contributed by atoms with van der Waals surface area (Å²) in [5, 5.41) is 0.254. The van der Waals surface area contributed by atoms with Gasteiger partial charge < -0.3 is 0 Å². The number of nitrogens with zero attached hydrogens (tertiary/aromatic N) is 1. The van der Waals surface area contributed by atoms with Crippen LogP contribution in [0.3, 0.4) is 0 Å². The number of fused-ring (bicyclic) bond motifs is 5. The van der Waals surface area contributed by atoms with Crippen molar-refractivity contribution in [2.75, 3.05) is 0 Å². The van der Waals surface area contributed by atoms with E-state index in [4.69, 9.17) is 0 Å². The van der Waals surface area contributed by atoms with Gasteiger partial charge in [0.15, 0.2) is 0 Å². The first-order chi connectivity index (χ1) is 9.33. The molecule has 5 atom stereocenters. The van der Waals surface area contributed by atoms with E-state index in [1.54, 1.807) is 0 Å². The highest BCUT2D eigenvalue weighted by Gasteiger charge is 2.54. The van der Waals surface area contributed by atoms with Crippen LogP contribution in [0.1, 0.15) is 12.0 Å². The maximum absolute atomic E-state index is 12.2. The highest BCUT2D eigenvalue weighted by Crippen LogP contribution is 2.48. The second kappa shape index (κ2) is 4.30. The molecular weight excluding hydrogens is 256 g/mol. The molecule has 1 aliphatic heterocycles. The fourth-order valence-electron chi connectivity index (χ4n) is 3.56. The maximum atomic E-state index is 12.2. The molecule has 2 bridgehead atoms. The van der Waals surface area contributed by atoms with Crippen molar-refractivity contribution >= 4 is 16.8 Å². The lowest BCUT2D eigenvalue weighted by Crippen LogP contribution is -2.26. The van der Waals surface area contributed by atoms with Crippen molar-refractivity contribution in [3.63, 3.8) is 0 Å². The molecule has 1 saturated carbocycles. The monoisotopic (exact) mass is 272 g/mol. The number of hydrogen-bond acceptors (Lipinski definition) is 2. The number of amidine groups is 1. The van der Waals surface area contributed by atoms with Crippen molar-refractivity contribution in [2.45, 2.75) is 18.2 Å². The lowest BCUT2D eigenvalue weighted by Gasteiger charge is -2.16. The van der Waals surface area contributed by atoms with Gasteiger partial charge in [-0.1, -0.05) is 42.5 Å². The molecule has 2 fully saturated rings. The van der Waals surface area contributed by atoms with Gasteiger partial charge in [-0.3, -0.25) is 9.71 Å². The maximum Gasteiger partial charge on any atom is 0.122 e. The van der Waals surface area contributed by atoms with Gasteiger partial charge in [0.25, 0.3) is 0 Å². The molecule has 0 aromatic heterocycles. The van der Waals surface area contributed by atoms with E-state index >= 15 is 0 Å². The number of aliphatic imine (C=N–C) groups is 1. The fraction of sp³-hybridized carbons (Fsp3) is 0.400. The Hall–Kier alpha value is -1.42. The lowest BCUT2D eigenvalue weighted by atomic mass is 9.92. The minimum atomic E-state index is -0.948. The van der Waals surface area contributed by atoms with Gasteiger partial charge in [0, 0.05) is 5.92 Å². The number of hydrogen-bond donors (Lipinski definition) is 1. The molecule has 0 spiro atoms. The van der Waals surface area contributed by atoms with E-state index in [9.17, 15) is 4.21 Å². The van der Waals surface area contributed by atoms with Crippen LogP contribution in [-0.2, 0) is 17.5 Å². The predicted molar refractivity (Wildman–Crippen MR) is 76.9 cm³/mol. The van der Waals surface area contributed by atoms with Gasteiger partial charge in [0.1, 0.15) is 16.8 Å². The van der Waals surface area contributed by atoms with Crippen molar-refractivity contribution in [3.05, 3.63) is 48.0 Å². The lowest BCUT2D eigenvalue weighted by molar-refractivity contribution is 0.588. The van der Waals surface area contributed by atoms with Gasteiger partial charge in [-0.05, 0) is 23.8 Å². The Morgan fingerprint density at radius 2 is 2.00 bits per heavy atom. The molecule has 1 aromatic rings. The van der Waals surface area contributed by atoms with Crippen LogP contribution < -0.4 is 4.72 Å². The number of allylic oxidation sites excluding steroid dienone is 2. The van der Waals surface area contributed by atoms with Crippen molar-refractivity contribution in [3.8, 4) is 0 Å². The molecule has 2 aliphatic carbocycles. The van der Waals surface area contributed by atoms with Crippen molar-refractivity contribution in [2.24, 2.45) is 22.7 Å². The van der Waals surface area contributed by atoms with Gasteiger partial charge >= 0.3 is 0 Å². The Labute approximate surface area is 115 Å². The van der Waals surface area contributed by atoms with Crippen molar-refractivity contribution in [1.29, 1.82) is 0 Å². The highest BCUT2D eigenvalue weighted by atomic mass is 32.2.